The van der Waals surface area contributed by atoms with E-state index in [1.807, 2.05) is 13.8 Å². The predicted molar refractivity (Wildman–Crippen MR) is 85.3 cm³/mol. The minimum atomic E-state index is 0. The van der Waals surface area contributed by atoms with E-state index in [1.165, 1.54) is 0 Å². The van der Waals surface area contributed by atoms with E-state index in [4.69, 9.17) is 4.74 Å². The van der Waals surface area contributed by atoms with Gasteiger partial charge in [0.15, 0.2) is 5.96 Å². The number of hydrogen-bond donors (Lipinski definition) is 2. The number of allylic oxidation sites excluding steroid dienone is 1. The van der Waals surface area contributed by atoms with Crippen molar-refractivity contribution in [2.24, 2.45) is 4.99 Å². The number of aliphatic imine (C=N–C) groups is 1. The first kappa shape index (κ1) is 19.0. The van der Waals surface area contributed by atoms with Gasteiger partial charge < -0.3 is 15.4 Å². The average molecular weight is 355 g/mol. The third kappa shape index (κ3) is 13.6. The molecule has 2 N–H and O–H groups in total. The Morgan fingerprint density at radius 1 is 1.29 bits per heavy atom. The lowest BCUT2D eigenvalue weighted by Crippen LogP contribution is -2.37. The van der Waals surface area contributed by atoms with Crippen molar-refractivity contribution in [3.8, 4) is 0 Å². The molecule has 0 unspecified atom stereocenters. The highest BCUT2D eigenvalue weighted by atomic mass is 127. The van der Waals surface area contributed by atoms with Crippen LogP contribution in [0.4, 0.5) is 0 Å². The summed E-state index contributed by atoms with van der Waals surface area (Å²) in [7, 11) is 0. The van der Waals surface area contributed by atoms with Crippen molar-refractivity contribution in [3.05, 3.63) is 12.2 Å². The van der Waals surface area contributed by atoms with Crippen LogP contribution >= 0.6 is 24.0 Å². The van der Waals surface area contributed by atoms with Gasteiger partial charge in [0.1, 0.15) is 0 Å². The SMILES string of the molecule is CC=CCCNC(=NCCOCC)NCC.I. The van der Waals surface area contributed by atoms with Crippen molar-refractivity contribution in [3.63, 3.8) is 0 Å². The predicted octanol–water partition coefficient (Wildman–Crippen LogP) is 2.16. The molecule has 0 saturated heterocycles. The molecule has 0 aromatic rings. The van der Waals surface area contributed by atoms with Crippen LogP contribution in [0.2, 0.25) is 0 Å². The maximum absolute atomic E-state index is 5.23. The van der Waals surface area contributed by atoms with Crippen molar-refractivity contribution in [2.45, 2.75) is 27.2 Å². The van der Waals surface area contributed by atoms with E-state index < -0.39 is 0 Å². The summed E-state index contributed by atoms with van der Waals surface area (Å²) in [4.78, 5) is 4.39. The molecule has 0 bridgehead atoms. The highest BCUT2D eigenvalue weighted by molar-refractivity contribution is 14.0. The molecule has 0 aliphatic rings. The molecule has 4 nitrogen and oxygen atoms in total. The zero-order valence-corrected chi connectivity index (χ0v) is 13.5. The molecule has 5 heteroatoms. The maximum atomic E-state index is 5.23. The normalized spacial score (nSPS) is 11.4. The second kappa shape index (κ2) is 15.7. The first-order chi connectivity index (χ1) is 7.85. The molecule has 0 aliphatic heterocycles. The number of halogens is 1. The highest BCUT2D eigenvalue weighted by Gasteiger charge is 1.94. The summed E-state index contributed by atoms with van der Waals surface area (Å²) in [6.45, 7) is 10.0. The van der Waals surface area contributed by atoms with E-state index in [-0.39, 0.29) is 24.0 Å². The standard InChI is InChI=1S/C12H25N3O.HI/c1-4-7-8-9-14-12(13-5-2)15-10-11-16-6-3;/h4,7H,5-6,8-11H2,1-3H3,(H2,13,14,15);1H. The summed E-state index contributed by atoms with van der Waals surface area (Å²) in [5, 5.41) is 6.46. The molecule has 102 valence electrons. The van der Waals surface area contributed by atoms with Crippen LogP contribution in [-0.2, 0) is 4.74 Å². The second-order valence-electron chi connectivity index (χ2n) is 3.24. The molecule has 0 amide bonds. The first-order valence-corrected chi connectivity index (χ1v) is 6.06. The Labute approximate surface area is 122 Å². The van der Waals surface area contributed by atoms with Crippen molar-refractivity contribution in [1.29, 1.82) is 0 Å². The lowest BCUT2D eigenvalue weighted by molar-refractivity contribution is 0.155. The molecule has 0 saturated carbocycles. The van der Waals surface area contributed by atoms with Crippen molar-refractivity contribution < 1.29 is 4.74 Å². The average Bonchev–Trinajstić information content (AvgIpc) is 2.30. The quantitative estimate of drug-likeness (QED) is 0.231. The van der Waals surface area contributed by atoms with Crippen LogP contribution in [0.15, 0.2) is 17.1 Å². The number of nitrogens with one attached hydrogen (secondary N) is 2. The zero-order chi connectivity index (χ0) is 12.1. The molecule has 0 aliphatic carbocycles. The third-order valence-corrected chi connectivity index (χ3v) is 1.89. The van der Waals surface area contributed by atoms with Gasteiger partial charge >= 0.3 is 0 Å². The summed E-state index contributed by atoms with van der Waals surface area (Å²) >= 11 is 0. The van der Waals surface area contributed by atoms with Crippen LogP contribution in [0.5, 0.6) is 0 Å². The van der Waals surface area contributed by atoms with E-state index in [2.05, 4.69) is 34.7 Å². The molecule has 0 spiro atoms. The van der Waals surface area contributed by atoms with Gasteiger partial charge in [-0.2, -0.15) is 0 Å². The number of ether oxygens (including phenoxy) is 1. The highest BCUT2D eigenvalue weighted by Crippen LogP contribution is 1.81. The Morgan fingerprint density at radius 2 is 2.06 bits per heavy atom. The number of guanidine groups is 1. The molecule has 0 heterocycles. The van der Waals surface area contributed by atoms with E-state index >= 15 is 0 Å². The molecule has 0 radical (unpaired) electrons. The fraction of sp³-hybridized carbons (Fsp3) is 0.750. The molecule has 0 aromatic heterocycles. The van der Waals surface area contributed by atoms with Gasteiger partial charge in [0.2, 0.25) is 0 Å². The minimum absolute atomic E-state index is 0. The minimum Gasteiger partial charge on any atom is -0.380 e. The van der Waals surface area contributed by atoms with Crippen LogP contribution in [0.25, 0.3) is 0 Å². The van der Waals surface area contributed by atoms with Gasteiger partial charge in [-0.3, -0.25) is 4.99 Å². The van der Waals surface area contributed by atoms with Crippen LogP contribution in [0.3, 0.4) is 0 Å². The second-order valence-corrected chi connectivity index (χ2v) is 3.24. The molecule has 0 aromatic carbocycles. The van der Waals surface area contributed by atoms with Crippen molar-refractivity contribution >= 4 is 29.9 Å². The third-order valence-electron chi connectivity index (χ3n) is 1.89. The topological polar surface area (TPSA) is 45.7 Å². The Morgan fingerprint density at radius 3 is 2.65 bits per heavy atom. The summed E-state index contributed by atoms with van der Waals surface area (Å²) in [6, 6.07) is 0. The fourth-order valence-electron chi connectivity index (χ4n) is 1.15. The van der Waals surface area contributed by atoms with Crippen LogP contribution in [0.1, 0.15) is 27.2 Å². The number of hydrogen-bond acceptors (Lipinski definition) is 2. The van der Waals surface area contributed by atoms with Crippen LogP contribution < -0.4 is 10.6 Å². The summed E-state index contributed by atoms with van der Waals surface area (Å²) < 4.78 is 5.23. The molecule has 0 fully saturated rings. The summed E-state index contributed by atoms with van der Waals surface area (Å²) in [5.41, 5.74) is 0. The van der Waals surface area contributed by atoms with Gasteiger partial charge in [0.25, 0.3) is 0 Å². The Bertz CT molecular complexity index is 208. The smallest absolute Gasteiger partial charge is 0.191 e. The molecule has 0 atom stereocenters. The summed E-state index contributed by atoms with van der Waals surface area (Å²) in [5.74, 6) is 0.867. The Balaban J connectivity index is 0. The van der Waals surface area contributed by atoms with E-state index in [0.717, 1.165) is 32.1 Å². The monoisotopic (exact) mass is 355 g/mol. The number of nitrogens with zero attached hydrogens (tertiary/aromatic N) is 1. The zero-order valence-electron chi connectivity index (χ0n) is 11.2. The van der Waals surface area contributed by atoms with Crippen LogP contribution in [-0.4, -0.2) is 38.8 Å². The molecular formula is C12H26IN3O. The van der Waals surface area contributed by atoms with Crippen LogP contribution in [0, 0.1) is 0 Å². The molecule has 0 rings (SSSR count). The van der Waals surface area contributed by atoms with Gasteiger partial charge in [-0.05, 0) is 27.2 Å². The lowest BCUT2D eigenvalue weighted by Gasteiger charge is -2.10. The largest absolute Gasteiger partial charge is 0.380 e. The van der Waals surface area contributed by atoms with Gasteiger partial charge in [-0.25, -0.2) is 0 Å². The first-order valence-electron chi connectivity index (χ1n) is 6.06. The summed E-state index contributed by atoms with van der Waals surface area (Å²) in [6.07, 6.45) is 5.21. The van der Waals surface area contributed by atoms with Gasteiger partial charge in [-0.15, -0.1) is 24.0 Å². The Kier molecular flexibility index (Phi) is 17.6. The lowest BCUT2D eigenvalue weighted by atomic mass is 10.4. The van der Waals surface area contributed by atoms with E-state index in [9.17, 15) is 0 Å². The van der Waals surface area contributed by atoms with Gasteiger partial charge in [-0.1, -0.05) is 12.2 Å². The molecular weight excluding hydrogens is 329 g/mol. The Hall–Kier alpha value is -0.300. The maximum Gasteiger partial charge on any atom is 0.191 e. The fourth-order valence-corrected chi connectivity index (χ4v) is 1.15. The molecule has 17 heavy (non-hydrogen) atoms. The van der Waals surface area contributed by atoms with Crippen molar-refractivity contribution in [1.82, 2.24) is 10.6 Å². The van der Waals surface area contributed by atoms with Gasteiger partial charge in [0.05, 0.1) is 13.2 Å². The van der Waals surface area contributed by atoms with Gasteiger partial charge in [0, 0.05) is 19.7 Å². The van der Waals surface area contributed by atoms with E-state index in [0.29, 0.717) is 13.2 Å². The van der Waals surface area contributed by atoms with E-state index in [1.54, 1.807) is 0 Å². The van der Waals surface area contributed by atoms with Crippen molar-refractivity contribution in [2.75, 3.05) is 32.8 Å². The number of rotatable bonds is 8.